The molecule has 1 spiro atoms. The topological polar surface area (TPSA) is 6.48 Å². The lowest BCUT2D eigenvalue weighted by Gasteiger charge is -2.36. The molecule has 0 fully saturated rings. The number of nitrogens with zero attached hydrogens (tertiary/aromatic N) is 2. The van der Waals surface area contributed by atoms with Gasteiger partial charge in [0.25, 0.3) is 0 Å². The van der Waals surface area contributed by atoms with E-state index in [9.17, 15) is 0 Å². The quantitative estimate of drug-likeness (QED) is 0.170. The second kappa shape index (κ2) is 16.7. The molecule has 3 aliphatic rings. The van der Waals surface area contributed by atoms with Gasteiger partial charge in [0, 0.05) is 54.0 Å². The molecule has 0 bridgehead atoms. The minimum absolute atomic E-state index is 0.617. The molecule has 13 aromatic rings. The van der Waals surface area contributed by atoms with Crippen molar-refractivity contribution in [3.8, 4) is 66.8 Å². The largest absolute Gasteiger partial charge is 0.310 e. The lowest BCUT2D eigenvalue weighted by atomic mass is 9.66. The summed E-state index contributed by atoms with van der Waals surface area (Å²) in [5.74, 6) is 0. The molecule has 1 aliphatic heterocycles. The van der Waals surface area contributed by atoms with Crippen molar-refractivity contribution in [2.75, 3.05) is 9.80 Å². The van der Waals surface area contributed by atoms with Gasteiger partial charge in [0.2, 0.25) is 0 Å². The molecule has 0 radical (unpaired) electrons. The first kappa shape index (κ1) is 42.9. The van der Waals surface area contributed by atoms with Gasteiger partial charge in [-0.2, -0.15) is 0 Å². The van der Waals surface area contributed by atoms with E-state index in [0.29, 0.717) is 0 Å². The Bertz CT molecular complexity index is 4480. The minimum atomic E-state index is -0.617. The van der Waals surface area contributed by atoms with Gasteiger partial charge in [-0.25, -0.2) is 0 Å². The van der Waals surface area contributed by atoms with Crippen LogP contribution in [0.5, 0.6) is 0 Å². The van der Waals surface area contributed by atoms with Crippen LogP contribution < -0.4 is 9.80 Å². The van der Waals surface area contributed by atoms with Crippen LogP contribution in [0.15, 0.2) is 279 Å². The zero-order valence-electron chi connectivity index (χ0n) is 41.4. The van der Waals surface area contributed by atoms with E-state index in [1.807, 2.05) is 11.3 Å². The van der Waals surface area contributed by atoms with Crippen LogP contribution in [0.3, 0.4) is 0 Å². The fourth-order valence-corrected chi connectivity index (χ4v) is 14.4. The van der Waals surface area contributed by atoms with Gasteiger partial charge in [-0.15, -0.1) is 11.3 Å². The van der Waals surface area contributed by atoms with Crippen LogP contribution in [0.2, 0.25) is 0 Å². The van der Waals surface area contributed by atoms with Gasteiger partial charge in [-0.1, -0.05) is 200 Å². The molecule has 2 aliphatic carbocycles. The molecule has 2 nitrogen and oxygen atoms in total. The van der Waals surface area contributed by atoms with Crippen LogP contribution in [-0.2, 0) is 5.41 Å². The number of rotatable bonds is 5. The molecule has 1 unspecified atom stereocenters. The van der Waals surface area contributed by atoms with Crippen molar-refractivity contribution in [1.82, 2.24) is 0 Å². The van der Waals surface area contributed by atoms with E-state index in [4.69, 9.17) is 0 Å². The predicted molar refractivity (Wildman–Crippen MR) is 320 cm³/mol. The van der Waals surface area contributed by atoms with E-state index in [1.54, 1.807) is 0 Å². The maximum atomic E-state index is 2.55. The van der Waals surface area contributed by atoms with Crippen molar-refractivity contribution in [1.29, 1.82) is 0 Å². The fraction of sp³-hybridized carbons (Fsp3) is 0.0137. The van der Waals surface area contributed by atoms with E-state index >= 15 is 0 Å². The molecule has 2 heterocycles. The summed E-state index contributed by atoms with van der Waals surface area (Å²) in [6.07, 6.45) is 0. The van der Waals surface area contributed by atoms with Gasteiger partial charge in [0.05, 0.1) is 16.8 Å². The van der Waals surface area contributed by atoms with Crippen LogP contribution in [0.25, 0.3) is 86.9 Å². The van der Waals surface area contributed by atoms with E-state index in [0.717, 1.165) is 34.1 Å². The molecule has 0 N–H and O–H groups in total. The van der Waals surface area contributed by atoms with Gasteiger partial charge in [-0.3, -0.25) is 0 Å². The van der Waals surface area contributed by atoms with E-state index in [2.05, 4.69) is 289 Å². The highest BCUT2D eigenvalue weighted by molar-refractivity contribution is 7.25. The van der Waals surface area contributed by atoms with Crippen molar-refractivity contribution in [3.05, 3.63) is 301 Å². The first-order valence-corrected chi connectivity index (χ1v) is 27.1. The SMILES string of the molecule is c1ccc(-c2ccc(N(c3ccc4c(c3)-c3ccccc3N(c3ccccc3)c3ccccc3-4)c3ccc4c(c3)-c3ccccc3-c3ccccc3C43c4ccccc4-c4cc5c(cc43)sc3ccccc35)cc2)cc1. The second-order valence-electron chi connectivity index (χ2n) is 20.3. The molecule has 1 atom stereocenters. The van der Waals surface area contributed by atoms with Crippen LogP contribution in [0.4, 0.5) is 34.1 Å². The van der Waals surface area contributed by atoms with Gasteiger partial charge in [-0.05, 0) is 157 Å². The fourth-order valence-electron chi connectivity index (χ4n) is 13.2. The van der Waals surface area contributed by atoms with Gasteiger partial charge in [0.15, 0.2) is 0 Å². The third-order valence-corrected chi connectivity index (χ3v) is 17.6. The summed E-state index contributed by atoms with van der Waals surface area (Å²) in [5, 5.41) is 2.64. The Morgan fingerprint density at radius 3 is 1.46 bits per heavy atom. The Morgan fingerprint density at radius 1 is 0.276 bits per heavy atom. The van der Waals surface area contributed by atoms with E-state index in [1.165, 1.54) is 109 Å². The summed E-state index contributed by atoms with van der Waals surface area (Å²) in [4.78, 5) is 4.90. The number of hydrogen-bond acceptors (Lipinski definition) is 3. The summed E-state index contributed by atoms with van der Waals surface area (Å²) in [6.45, 7) is 0. The minimum Gasteiger partial charge on any atom is -0.310 e. The molecular formula is C73H46N2S. The van der Waals surface area contributed by atoms with Crippen LogP contribution in [0.1, 0.15) is 22.3 Å². The van der Waals surface area contributed by atoms with Crippen molar-refractivity contribution in [2.45, 2.75) is 5.41 Å². The first-order chi connectivity index (χ1) is 37.7. The normalized spacial score (nSPS) is 14.3. The Morgan fingerprint density at radius 2 is 0.750 bits per heavy atom. The number of fused-ring (bicyclic) bond motifs is 20. The predicted octanol–water partition coefficient (Wildman–Crippen LogP) is 20.3. The Kier molecular flexibility index (Phi) is 9.45. The number of thiophene rings is 1. The smallest absolute Gasteiger partial charge is 0.0726 e. The molecule has 0 saturated carbocycles. The third-order valence-electron chi connectivity index (χ3n) is 16.4. The summed E-state index contributed by atoms with van der Waals surface area (Å²) in [6, 6.07) is 104. The zero-order valence-corrected chi connectivity index (χ0v) is 42.2. The highest BCUT2D eigenvalue weighted by Crippen LogP contribution is 2.63. The molecule has 1 aromatic heterocycles. The monoisotopic (exact) mass is 982 g/mol. The number of hydrogen-bond donors (Lipinski definition) is 0. The molecule has 76 heavy (non-hydrogen) atoms. The molecule has 0 amide bonds. The van der Waals surface area contributed by atoms with Gasteiger partial charge < -0.3 is 9.80 Å². The van der Waals surface area contributed by atoms with E-state index in [-0.39, 0.29) is 0 Å². The lowest BCUT2D eigenvalue weighted by Crippen LogP contribution is -2.29. The van der Waals surface area contributed by atoms with Crippen molar-refractivity contribution in [3.63, 3.8) is 0 Å². The summed E-state index contributed by atoms with van der Waals surface area (Å²) in [5.41, 5.74) is 26.0. The van der Waals surface area contributed by atoms with Crippen molar-refractivity contribution in [2.24, 2.45) is 0 Å². The van der Waals surface area contributed by atoms with Crippen LogP contribution in [0, 0.1) is 0 Å². The molecule has 0 saturated heterocycles. The Labute approximate surface area is 446 Å². The van der Waals surface area contributed by atoms with Gasteiger partial charge in [0.1, 0.15) is 0 Å². The Hall–Kier alpha value is -9.54. The average Bonchev–Trinajstić information content (AvgIpc) is 4.10. The molecular weight excluding hydrogens is 937 g/mol. The highest BCUT2D eigenvalue weighted by Gasteiger charge is 2.50. The maximum absolute atomic E-state index is 2.55. The molecule has 16 rings (SSSR count). The van der Waals surface area contributed by atoms with Crippen molar-refractivity contribution >= 4 is 65.6 Å². The van der Waals surface area contributed by atoms with E-state index < -0.39 is 5.41 Å². The van der Waals surface area contributed by atoms with Crippen LogP contribution in [-0.4, -0.2) is 0 Å². The number of anilines is 6. The average molecular weight is 983 g/mol. The highest BCUT2D eigenvalue weighted by atomic mass is 32.1. The Balaban J connectivity index is 0.964. The van der Waals surface area contributed by atoms with Crippen LogP contribution >= 0.6 is 11.3 Å². The van der Waals surface area contributed by atoms with Crippen molar-refractivity contribution < 1.29 is 0 Å². The summed E-state index contributed by atoms with van der Waals surface area (Å²) < 4.78 is 2.63. The standard InChI is InChI=1S/C73H46N2S/c1-3-19-47(20-4-1)48-35-37-50(38-36-48)74(51-39-41-55-58-27-11-16-32-69(58)75(49-21-5-2-6-22-49)70-33-17-12-28-59(70)61(55)43-51)52-40-42-67-62(44-52)54-24-8-7-23-53(54)56-25-9-14-30-65(56)73(67)66-31-15-10-26-57(66)63-45-64-60-29-13-18-34-71(60)76-72(64)46-68(63)73/h1-46H. The lowest BCUT2D eigenvalue weighted by molar-refractivity contribution is 0.776. The summed E-state index contributed by atoms with van der Waals surface area (Å²) in [7, 11) is 0. The third kappa shape index (κ3) is 6.21. The first-order valence-electron chi connectivity index (χ1n) is 26.2. The molecule has 3 heteroatoms. The molecule has 12 aromatic carbocycles. The second-order valence-corrected chi connectivity index (χ2v) is 21.4. The maximum Gasteiger partial charge on any atom is 0.0726 e. The molecule has 354 valence electrons. The zero-order chi connectivity index (χ0) is 49.9. The van der Waals surface area contributed by atoms with Gasteiger partial charge >= 0.3 is 0 Å². The number of benzene rings is 12. The summed E-state index contributed by atoms with van der Waals surface area (Å²) >= 11 is 1.90. The number of para-hydroxylation sites is 3.